The Morgan fingerprint density at radius 1 is 1.24 bits per heavy atom. The summed E-state index contributed by atoms with van der Waals surface area (Å²) < 4.78 is 36.1. The first-order valence-corrected chi connectivity index (χ1v) is 7.02. The molecule has 0 aliphatic heterocycles. The second-order valence-corrected chi connectivity index (χ2v) is 6.39. The maximum Gasteiger partial charge on any atom is 0.407 e. The number of carbonyl (C=O) groups is 2. The number of alkyl carbamates (subject to hydrolysis) is 1. The fourth-order valence-electron chi connectivity index (χ4n) is 2.36. The van der Waals surface area contributed by atoms with Crippen LogP contribution < -0.4 is 5.32 Å². The van der Waals surface area contributed by atoms with E-state index in [1.54, 1.807) is 27.7 Å². The van der Waals surface area contributed by atoms with Crippen molar-refractivity contribution in [3.05, 3.63) is 0 Å². The Morgan fingerprint density at radius 2 is 1.81 bits per heavy atom. The number of ether oxygens (including phenoxy) is 2. The molecule has 0 radical (unpaired) electrons. The summed E-state index contributed by atoms with van der Waals surface area (Å²) in [6.07, 6.45) is -1.59. The van der Waals surface area contributed by atoms with Gasteiger partial charge in [0.2, 0.25) is 5.92 Å². The first-order valence-electron chi connectivity index (χ1n) is 7.02. The molecule has 0 bridgehead atoms. The Balaban J connectivity index is 2.49. The molecule has 1 rings (SSSR count). The van der Waals surface area contributed by atoms with Gasteiger partial charge in [0.05, 0.1) is 12.0 Å². The van der Waals surface area contributed by atoms with Crippen LogP contribution in [0.15, 0.2) is 0 Å². The van der Waals surface area contributed by atoms with Crippen molar-refractivity contribution in [3.63, 3.8) is 0 Å². The van der Waals surface area contributed by atoms with Crippen LogP contribution in [-0.2, 0) is 14.3 Å². The second kappa shape index (κ2) is 6.15. The van der Waals surface area contributed by atoms with E-state index in [1.165, 1.54) is 0 Å². The first kappa shape index (κ1) is 17.7. The Bertz CT molecular complexity index is 396. The molecule has 0 spiro atoms. The Kier molecular flexibility index (Phi) is 5.17. The lowest BCUT2D eigenvalue weighted by Crippen LogP contribution is -2.53. The maximum absolute atomic E-state index is 13.1. The van der Waals surface area contributed by atoms with Crippen LogP contribution >= 0.6 is 0 Å². The van der Waals surface area contributed by atoms with Gasteiger partial charge in [0.1, 0.15) is 5.60 Å². The summed E-state index contributed by atoms with van der Waals surface area (Å²) in [6.45, 7) is 7.02. The highest BCUT2D eigenvalue weighted by Gasteiger charge is 2.61. The van der Waals surface area contributed by atoms with Gasteiger partial charge in [0.15, 0.2) is 0 Å². The lowest BCUT2D eigenvalue weighted by atomic mass is 9.64. The zero-order valence-electron chi connectivity index (χ0n) is 12.9. The largest absolute Gasteiger partial charge is 0.466 e. The molecule has 0 heterocycles. The zero-order valence-corrected chi connectivity index (χ0v) is 12.9. The van der Waals surface area contributed by atoms with E-state index in [9.17, 15) is 18.4 Å². The van der Waals surface area contributed by atoms with Crippen molar-refractivity contribution in [1.82, 2.24) is 5.32 Å². The van der Waals surface area contributed by atoms with E-state index in [0.717, 1.165) is 0 Å². The average molecular weight is 307 g/mol. The van der Waals surface area contributed by atoms with Crippen molar-refractivity contribution in [1.29, 1.82) is 0 Å². The van der Waals surface area contributed by atoms with Crippen molar-refractivity contribution in [2.75, 3.05) is 13.2 Å². The smallest absolute Gasteiger partial charge is 0.407 e. The molecule has 0 aromatic heterocycles. The topological polar surface area (TPSA) is 64.6 Å². The highest BCUT2D eigenvalue weighted by Crippen LogP contribution is 2.54. The van der Waals surface area contributed by atoms with Gasteiger partial charge in [-0.2, -0.15) is 0 Å². The monoisotopic (exact) mass is 307 g/mol. The molecule has 0 atom stereocenters. The predicted octanol–water partition coefficient (Wildman–Crippen LogP) is 2.88. The summed E-state index contributed by atoms with van der Waals surface area (Å²) in [7, 11) is 0. The minimum Gasteiger partial charge on any atom is -0.466 e. The fourth-order valence-corrected chi connectivity index (χ4v) is 2.36. The van der Waals surface area contributed by atoms with E-state index in [4.69, 9.17) is 9.47 Å². The summed E-state index contributed by atoms with van der Waals surface area (Å²) >= 11 is 0. The van der Waals surface area contributed by atoms with Crippen LogP contribution in [-0.4, -0.2) is 36.7 Å². The minimum atomic E-state index is -2.83. The molecule has 7 heteroatoms. The number of hydrogen-bond acceptors (Lipinski definition) is 4. The highest BCUT2D eigenvalue weighted by molar-refractivity contribution is 5.78. The molecule has 0 unspecified atom stereocenters. The summed E-state index contributed by atoms with van der Waals surface area (Å²) in [5.74, 6) is -3.46. The lowest BCUT2D eigenvalue weighted by Gasteiger charge is -2.45. The summed E-state index contributed by atoms with van der Waals surface area (Å²) in [5, 5.41) is 2.47. The first-order chi connectivity index (χ1) is 9.50. The van der Waals surface area contributed by atoms with Gasteiger partial charge in [-0.3, -0.25) is 4.79 Å². The van der Waals surface area contributed by atoms with E-state index in [2.05, 4.69) is 5.32 Å². The van der Waals surface area contributed by atoms with Crippen LogP contribution in [0.25, 0.3) is 0 Å². The van der Waals surface area contributed by atoms with Crippen molar-refractivity contribution in [2.45, 2.75) is 58.5 Å². The lowest BCUT2D eigenvalue weighted by molar-refractivity contribution is -0.199. The van der Waals surface area contributed by atoms with Crippen molar-refractivity contribution < 1.29 is 27.8 Å². The molecule has 1 saturated carbocycles. The van der Waals surface area contributed by atoms with E-state index in [0.29, 0.717) is 0 Å². The van der Waals surface area contributed by atoms with E-state index < -0.39 is 41.8 Å². The normalized spacial score (nSPS) is 19.3. The van der Waals surface area contributed by atoms with Gasteiger partial charge >= 0.3 is 12.1 Å². The summed E-state index contributed by atoms with van der Waals surface area (Å²) in [4.78, 5) is 23.3. The summed E-state index contributed by atoms with van der Waals surface area (Å²) in [6, 6.07) is 0. The number of alkyl halides is 2. The van der Waals surface area contributed by atoms with E-state index >= 15 is 0 Å². The molecule has 122 valence electrons. The third-order valence-corrected chi connectivity index (χ3v) is 3.17. The Morgan fingerprint density at radius 3 is 2.24 bits per heavy atom. The number of nitrogens with one attached hydrogen (secondary N) is 1. The van der Waals surface area contributed by atoms with Gasteiger partial charge < -0.3 is 14.8 Å². The zero-order chi connectivity index (χ0) is 16.3. The van der Waals surface area contributed by atoms with Crippen molar-refractivity contribution >= 4 is 12.1 Å². The average Bonchev–Trinajstić information content (AvgIpc) is 2.23. The van der Waals surface area contributed by atoms with E-state index in [1.807, 2.05) is 0 Å². The van der Waals surface area contributed by atoms with Gasteiger partial charge in [0.25, 0.3) is 0 Å². The molecule has 0 aromatic carbocycles. The van der Waals surface area contributed by atoms with E-state index in [-0.39, 0.29) is 19.6 Å². The predicted molar refractivity (Wildman–Crippen MR) is 72.1 cm³/mol. The van der Waals surface area contributed by atoms with Crippen LogP contribution in [0.1, 0.15) is 47.0 Å². The molecule has 1 amide bonds. The van der Waals surface area contributed by atoms with Gasteiger partial charge in [-0.15, -0.1) is 0 Å². The fraction of sp³-hybridized carbons (Fsp3) is 0.857. The molecule has 0 saturated heterocycles. The number of carbonyl (C=O) groups excluding carboxylic acids is 2. The van der Waals surface area contributed by atoms with Gasteiger partial charge in [0, 0.05) is 19.4 Å². The maximum atomic E-state index is 13.1. The van der Waals surface area contributed by atoms with Crippen LogP contribution in [0.2, 0.25) is 0 Å². The van der Waals surface area contributed by atoms with Crippen LogP contribution in [0.3, 0.4) is 0 Å². The van der Waals surface area contributed by atoms with Crippen LogP contribution in [0.4, 0.5) is 13.6 Å². The molecule has 1 N–H and O–H groups in total. The van der Waals surface area contributed by atoms with Gasteiger partial charge in [-0.25, -0.2) is 13.6 Å². The Hall–Kier alpha value is -1.40. The number of hydrogen-bond donors (Lipinski definition) is 1. The minimum absolute atomic E-state index is 0.0871. The molecular formula is C14H23F2NO4. The summed E-state index contributed by atoms with van der Waals surface area (Å²) in [5.41, 5.74) is -1.83. The number of halogens is 2. The molecule has 21 heavy (non-hydrogen) atoms. The molecule has 0 aromatic rings. The second-order valence-electron chi connectivity index (χ2n) is 6.39. The Labute approximate surface area is 123 Å². The third kappa shape index (κ3) is 5.13. The molecule has 1 aliphatic rings. The van der Waals surface area contributed by atoms with Gasteiger partial charge in [-0.1, -0.05) is 0 Å². The molecular weight excluding hydrogens is 284 g/mol. The third-order valence-electron chi connectivity index (χ3n) is 3.17. The SMILES string of the molecule is CCOC(=O)C1(CCNC(=O)OC(C)(C)C)CC(F)(F)C1. The highest BCUT2D eigenvalue weighted by atomic mass is 19.3. The van der Waals surface area contributed by atoms with Crippen LogP contribution in [0.5, 0.6) is 0 Å². The molecule has 1 fully saturated rings. The molecule has 5 nitrogen and oxygen atoms in total. The standard InChI is InChI=1S/C14H23F2NO4/c1-5-20-10(18)13(8-14(15,16)9-13)6-7-17-11(19)21-12(2,3)4/h5-9H2,1-4H3,(H,17,19). The number of esters is 1. The number of amides is 1. The van der Waals surface area contributed by atoms with Crippen molar-refractivity contribution in [2.24, 2.45) is 5.41 Å². The van der Waals surface area contributed by atoms with Crippen LogP contribution in [0, 0.1) is 5.41 Å². The number of rotatable bonds is 5. The van der Waals surface area contributed by atoms with Crippen molar-refractivity contribution in [3.8, 4) is 0 Å². The molecule has 1 aliphatic carbocycles. The van der Waals surface area contributed by atoms with Gasteiger partial charge in [-0.05, 0) is 34.1 Å². The quantitative estimate of drug-likeness (QED) is 0.793.